The molecule has 1 N–H and O–H groups in total. The van der Waals surface area contributed by atoms with Gasteiger partial charge in [0.05, 0.1) is 5.69 Å². The number of halogens is 2. The molecule has 0 aliphatic carbocycles. The summed E-state index contributed by atoms with van der Waals surface area (Å²) < 4.78 is 0. The van der Waals surface area contributed by atoms with Crippen molar-refractivity contribution in [2.75, 3.05) is 31.1 Å². The standard InChI is InChI=1S/C9H11Cl2N3.C5H11N/c10-8-6-7(9(11)13-12-8)14-4-2-1-3-5-14;1-2-4-6-5-3-1/h6H,1-5H2;6H,1-5H2. The van der Waals surface area contributed by atoms with Crippen molar-refractivity contribution in [3.8, 4) is 0 Å². The molecule has 1 aromatic heterocycles. The molecule has 2 aliphatic rings. The lowest BCUT2D eigenvalue weighted by Gasteiger charge is -2.28. The van der Waals surface area contributed by atoms with Crippen LogP contribution in [0.15, 0.2) is 6.07 Å². The first-order chi connectivity index (χ1) is 9.77. The Hall–Kier alpha value is -0.580. The Balaban J connectivity index is 0.000000205. The molecule has 0 unspecified atom stereocenters. The minimum atomic E-state index is 0.398. The topological polar surface area (TPSA) is 41.0 Å². The van der Waals surface area contributed by atoms with E-state index >= 15 is 0 Å². The molecule has 0 bridgehead atoms. The van der Waals surface area contributed by atoms with Crippen molar-refractivity contribution < 1.29 is 0 Å². The molecule has 0 radical (unpaired) electrons. The highest BCUT2D eigenvalue weighted by Gasteiger charge is 2.15. The smallest absolute Gasteiger partial charge is 0.175 e. The van der Waals surface area contributed by atoms with Gasteiger partial charge in [-0.3, -0.25) is 0 Å². The fourth-order valence-electron chi connectivity index (χ4n) is 2.50. The van der Waals surface area contributed by atoms with Gasteiger partial charge >= 0.3 is 0 Å². The first kappa shape index (κ1) is 15.8. The van der Waals surface area contributed by atoms with Crippen molar-refractivity contribution in [2.45, 2.75) is 38.5 Å². The molecule has 2 fully saturated rings. The van der Waals surface area contributed by atoms with Crippen LogP contribution in [0.25, 0.3) is 0 Å². The van der Waals surface area contributed by atoms with E-state index in [1.54, 1.807) is 6.07 Å². The summed E-state index contributed by atoms with van der Waals surface area (Å²) in [4.78, 5) is 2.21. The Bertz CT molecular complexity index is 393. The first-order valence-corrected chi connectivity index (χ1v) is 8.17. The number of nitrogens with zero attached hydrogens (tertiary/aromatic N) is 3. The van der Waals surface area contributed by atoms with Crippen LogP contribution < -0.4 is 10.2 Å². The minimum absolute atomic E-state index is 0.398. The zero-order valence-corrected chi connectivity index (χ0v) is 13.3. The maximum Gasteiger partial charge on any atom is 0.175 e. The Kier molecular flexibility index (Phi) is 6.83. The van der Waals surface area contributed by atoms with Crippen LogP contribution in [0.2, 0.25) is 10.3 Å². The number of nitrogens with one attached hydrogen (secondary N) is 1. The van der Waals surface area contributed by atoms with E-state index in [2.05, 4.69) is 20.4 Å². The van der Waals surface area contributed by atoms with Crippen molar-refractivity contribution in [3.05, 3.63) is 16.4 Å². The Morgan fingerprint density at radius 2 is 1.55 bits per heavy atom. The molecule has 1 aromatic rings. The molecule has 2 saturated heterocycles. The third-order valence-electron chi connectivity index (χ3n) is 3.60. The van der Waals surface area contributed by atoms with Crippen LogP contribution in [-0.2, 0) is 0 Å². The second kappa shape index (κ2) is 8.65. The van der Waals surface area contributed by atoms with Gasteiger partial charge in [0.15, 0.2) is 10.3 Å². The van der Waals surface area contributed by atoms with Gasteiger partial charge in [0.1, 0.15) is 0 Å². The quantitative estimate of drug-likeness (QED) is 0.860. The predicted molar refractivity (Wildman–Crippen MR) is 84.8 cm³/mol. The predicted octanol–water partition coefficient (Wildman–Crippen LogP) is 3.53. The van der Waals surface area contributed by atoms with Gasteiger partial charge in [0, 0.05) is 19.2 Å². The van der Waals surface area contributed by atoms with Crippen LogP contribution in [0.1, 0.15) is 38.5 Å². The van der Waals surface area contributed by atoms with Crippen molar-refractivity contribution in [3.63, 3.8) is 0 Å². The Morgan fingerprint density at radius 3 is 2.10 bits per heavy atom. The maximum absolute atomic E-state index is 5.96. The summed E-state index contributed by atoms with van der Waals surface area (Å²) in [5.74, 6) is 0. The van der Waals surface area contributed by atoms with Gasteiger partial charge in [0.25, 0.3) is 0 Å². The molecule has 0 saturated carbocycles. The van der Waals surface area contributed by atoms with Crippen molar-refractivity contribution >= 4 is 28.9 Å². The summed E-state index contributed by atoms with van der Waals surface area (Å²) in [6, 6.07) is 1.78. The lowest BCUT2D eigenvalue weighted by atomic mass is 10.1. The fourth-order valence-corrected chi connectivity index (χ4v) is 2.86. The van der Waals surface area contributed by atoms with Crippen LogP contribution in [0.4, 0.5) is 5.69 Å². The molecule has 0 aromatic carbocycles. The van der Waals surface area contributed by atoms with E-state index in [9.17, 15) is 0 Å². The van der Waals surface area contributed by atoms with Gasteiger partial charge in [0.2, 0.25) is 0 Å². The Labute approximate surface area is 130 Å². The van der Waals surface area contributed by atoms with Gasteiger partial charge in [-0.15, -0.1) is 10.2 Å². The van der Waals surface area contributed by atoms with Crippen LogP contribution >= 0.6 is 23.2 Å². The SMILES string of the molecule is C1CCNCC1.Clc1cc(N2CCCCC2)c(Cl)nn1. The number of anilines is 1. The number of hydrogen-bond donors (Lipinski definition) is 1. The van der Waals surface area contributed by atoms with Gasteiger partial charge in [-0.25, -0.2) is 0 Å². The molecule has 2 aliphatic heterocycles. The summed E-state index contributed by atoms with van der Waals surface area (Å²) in [7, 11) is 0. The minimum Gasteiger partial charge on any atom is -0.369 e. The van der Waals surface area contributed by atoms with E-state index in [0.29, 0.717) is 10.3 Å². The van der Waals surface area contributed by atoms with E-state index in [1.165, 1.54) is 51.6 Å². The average Bonchev–Trinajstić information content (AvgIpc) is 2.53. The largest absolute Gasteiger partial charge is 0.369 e. The number of hydrogen-bond acceptors (Lipinski definition) is 4. The lowest BCUT2D eigenvalue weighted by molar-refractivity contribution is 0.520. The van der Waals surface area contributed by atoms with Crippen LogP contribution in [-0.4, -0.2) is 36.4 Å². The third kappa shape index (κ3) is 5.08. The lowest BCUT2D eigenvalue weighted by Crippen LogP contribution is -2.29. The average molecular weight is 317 g/mol. The molecule has 112 valence electrons. The molecule has 20 heavy (non-hydrogen) atoms. The normalized spacial score (nSPS) is 19.2. The van der Waals surface area contributed by atoms with Gasteiger partial charge in [-0.2, -0.15) is 0 Å². The van der Waals surface area contributed by atoms with E-state index in [4.69, 9.17) is 23.2 Å². The second-order valence-corrected chi connectivity index (χ2v) is 5.95. The number of piperidine rings is 2. The van der Waals surface area contributed by atoms with Gasteiger partial charge in [-0.1, -0.05) is 29.6 Å². The number of rotatable bonds is 1. The highest BCUT2D eigenvalue weighted by molar-refractivity contribution is 6.33. The summed E-state index contributed by atoms with van der Waals surface area (Å²) in [5.41, 5.74) is 0.909. The summed E-state index contributed by atoms with van der Waals surface area (Å²) >= 11 is 11.7. The zero-order chi connectivity index (χ0) is 14.2. The molecular formula is C14H22Cl2N4. The van der Waals surface area contributed by atoms with Crippen molar-refractivity contribution in [2.24, 2.45) is 0 Å². The first-order valence-electron chi connectivity index (χ1n) is 7.42. The molecule has 6 heteroatoms. The monoisotopic (exact) mass is 316 g/mol. The summed E-state index contributed by atoms with van der Waals surface area (Å²) in [6.07, 6.45) is 7.92. The molecule has 3 rings (SSSR count). The second-order valence-electron chi connectivity index (χ2n) is 5.20. The van der Waals surface area contributed by atoms with Gasteiger partial charge < -0.3 is 10.2 Å². The molecule has 0 spiro atoms. The van der Waals surface area contributed by atoms with Gasteiger partial charge in [-0.05, 0) is 45.2 Å². The van der Waals surface area contributed by atoms with Crippen LogP contribution in [0.5, 0.6) is 0 Å². The summed E-state index contributed by atoms with van der Waals surface area (Å²) in [5, 5.41) is 11.6. The number of aromatic nitrogens is 2. The van der Waals surface area contributed by atoms with Crippen molar-refractivity contribution in [1.29, 1.82) is 0 Å². The molecular weight excluding hydrogens is 295 g/mol. The Morgan fingerprint density at radius 1 is 0.900 bits per heavy atom. The van der Waals surface area contributed by atoms with E-state index in [0.717, 1.165) is 18.8 Å². The summed E-state index contributed by atoms with van der Waals surface area (Å²) in [6.45, 7) is 4.56. The van der Waals surface area contributed by atoms with Crippen molar-refractivity contribution in [1.82, 2.24) is 15.5 Å². The van der Waals surface area contributed by atoms with Crippen LogP contribution in [0.3, 0.4) is 0 Å². The van der Waals surface area contributed by atoms with E-state index in [1.807, 2.05) is 0 Å². The molecule has 0 atom stereocenters. The van der Waals surface area contributed by atoms with E-state index < -0.39 is 0 Å². The van der Waals surface area contributed by atoms with Crippen LogP contribution in [0, 0.1) is 0 Å². The zero-order valence-electron chi connectivity index (χ0n) is 11.7. The molecule has 0 amide bonds. The highest BCUT2D eigenvalue weighted by Crippen LogP contribution is 2.27. The van der Waals surface area contributed by atoms with E-state index in [-0.39, 0.29) is 0 Å². The highest BCUT2D eigenvalue weighted by atomic mass is 35.5. The fraction of sp³-hybridized carbons (Fsp3) is 0.714. The molecule has 3 heterocycles. The third-order valence-corrected chi connectivity index (χ3v) is 4.06. The maximum atomic E-state index is 5.96. The molecule has 4 nitrogen and oxygen atoms in total.